The molecule has 3 aromatic rings. The van der Waals surface area contributed by atoms with E-state index < -0.39 is 27.9 Å². The number of benzene rings is 2. The fourth-order valence-corrected chi connectivity index (χ4v) is 4.36. The largest absolute Gasteiger partial charge is 0.490 e. The number of amides is 1. The van der Waals surface area contributed by atoms with E-state index in [1.165, 1.54) is 30.3 Å². The fourth-order valence-electron chi connectivity index (χ4n) is 3.26. The average Bonchev–Trinajstić information content (AvgIpc) is 3.10. The molecule has 0 saturated carbocycles. The van der Waals surface area contributed by atoms with E-state index in [1.807, 2.05) is 4.72 Å². The van der Waals surface area contributed by atoms with Gasteiger partial charge >= 0.3 is 5.91 Å². The van der Waals surface area contributed by atoms with E-state index in [2.05, 4.69) is 0 Å². The lowest BCUT2D eigenvalue weighted by Crippen LogP contribution is -2.48. The van der Waals surface area contributed by atoms with Gasteiger partial charge in [0, 0.05) is 17.8 Å². The van der Waals surface area contributed by atoms with Gasteiger partial charge in [-0.3, -0.25) is 4.79 Å². The zero-order chi connectivity index (χ0) is 22.3. The Kier molecular flexibility index (Phi) is 5.34. The van der Waals surface area contributed by atoms with Crippen molar-refractivity contribution in [2.75, 3.05) is 18.0 Å². The number of furan rings is 1. The summed E-state index contributed by atoms with van der Waals surface area (Å²) in [5.41, 5.74) is 0.482. The van der Waals surface area contributed by atoms with Gasteiger partial charge in [0.25, 0.3) is 10.0 Å². The number of halogens is 2. The molecular weight excluding hydrogens is 430 g/mol. The number of ether oxygens (including phenoxy) is 1. The van der Waals surface area contributed by atoms with Crippen LogP contribution >= 0.6 is 0 Å². The van der Waals surface area contributed by atoms with E-state index in [4.69, 9.17) is 9.15 Å². The van der Waals surface area contributed by atoms with E-state index in [-0.39, 0.29) is 46.6 Å². The molecule has 164 valence electrons. The molecule has 7 nitrogen and oxygen atoms in total. The van der Waals surface area contributed by atoms with Crippen LogP contribution in [0.5, 0.6) is 5.75 Å². The number of alkyl halides is 1. The highest BCUT2D eigenvalue weighted by Gasteiger charge is 2.29. The number of rotatable bonds is 6. The first-order valence-electron chi connectivity index (χ1n) is 9.59. The highest BCUT2D eigenvalue weighted by molar-refractivity contribution is 7.90. The lowest BCUT2D eigenvalue weighted by Gasteiger charge is -2.36. The van der Waals surface area contributed by atoms with E-state index in [0.29, 0.717) is 5.69 Å². The van der Waals surface area contributed by atoms with Gasteiger partial charge in [-0.05, 0) is 32.0 Å². The summed E-state index contributed by atoms with van der Waals surface area (Å²) in [5, 5.41) is 0.0205. The first-order chi connectivity index (χ1) is 14.6. The van der Waals surface area contributed by atoms with Crippen LogP contribution in [0.2, 0.25) is 0 Å². The van der Waals surface area contributed by atoms with Gasteiger partial charge in [-0.2, -0.15) is 0 Å². The first kappa shape index (κ1) is 21.1. The minimum absolute atomic E-state index is 0.0205. The van der Waals surface area contributed by atoms with Crippen LogP contribution in [0.15, 0.2) is 51.8 Å². The Balaban J connectivity index is 1.61. The van der Waals surface area contributed by atoms with Gasteiger partial charge in [0.05, 0.1) is 24.6 Å². The molecule has 2 aromatic carbocycles. The highest BCUT2D eigenvalue weighted by atomic mass is 32.2. The minimum Gasteiger partial charge on any atom is -0.490 e. The molecule has 10 heteroatoms. The third kappa shape index (κ3) is 4.20. The zero-order valence-electron chi connectivity index (χ0n) is 16.8. The van der Waals surface area contributed by atoms with Crippen molar-refractivity contribution in [1.82, 2.24) is 4.72 Å². The number of fused-ring (bicyclic) bond motifs is 1. The van der Waals surface area contributed by atoms with Crippen LogP contribution in [-0.2, 0) is 10.0 Å². The second-order valence-electron chi connectivity index (χ2n) is 7.50. The number of sulfonamides is 1. The molecule has 1 N–H and O–H groups in total. The number of nitrogens with zero attached hydrogens (tertiary/aromatic N) is 1. The van der Waals surface area contributed by atoms with Crippen LogP contribution in [0.1, 0.15) is 24.4 Å². The van der Waals surface area contributed by atoms with Crippen molar-refractivity contribution in [2.24, 2.45) is 0 Å². The number of carbonyl (C=O) groups is 1. The Labute approximate surface area is 177 Å². The second-order valence-corrected chi connectivity index (χ2v) is 9.15. The molecule has 0 unspecified atom stereocenters. The minimum atomic E-state index is -4.28. The summed E-state index contributed by atoms with van der Waals surface area (Å²) < 4.78 is 65.9. The molecule has 1 saturated heterocycles. The predicted molar refractivity (Wildman–Crippen MR) is 110 cm³/mol. The van der Waals surface area contributed by atoms with Gasteiger partial charge in [0.1, 0.15) is 28.2 Å². The molecule has 1 aliphatic rings. The number of para-hydroxylation sites is 1. The Hall–Kier alpha value is -3.14. The van der Waals surface area contributed by atoms with E-state index in [1.54, 1.807) is 24.8 Å². The molecule has 31 heavy (non-hydrogen) atoms. The Morgan fingerprint density at radius 3 is 2.61 bits per heavy atom. The molecule has 0 aliphatic carbocycles. The van der Waals surface area contributed by atoms with E-state index in [9.17, 15) is 22.0 Å². The highest BCUT2D eigenvalue weighted by Crippen LogP contribution is 2.31. The van der Waals surface area contributed by atoms with Crippen molar-refractivity contribution in [3.05, 3.63) is 54.0 Å². The summed E-state index contributed by atoms with van der Waals surface area (Å²) in [6.45, 7) is 3.78. The molecule has 1 aliphatic heterocycles. The summed E-state index contributed by atoms with van der Waals surface area (Å²) in [7, 11) is -4.28. The van der Waals surface area contributed by atoms with Crippen LogP contribution in [0, 0.1) is 5.82 Å². The van der Waals surface area contributed by atoms with Crippen molar-refractivity contribution >= 4 is 32.6 Å². The lowest BCUT2D eigenvalue weighted by atomic mass is 10.1. The lowest BCUT2D eigenvalue weighted by molar-refractivity contribution is 0.0956. The van der Waals surface area contributed by atoms with Gasteiger partial charge in [0.15, 0.2) is 5.76 Å². The summed E-state index contributed by atoms with van der Waals surface area (Å²) in [6, 6.07) is 9.74. The van der Waals surface area contributed by atoms with Crippen LogP contribution < -0.4 is 14.4 Å². The molecule has 1 aromatic heterocycles. The SMILES string of the molecule is CC(C)Oc1ccccc1S(=O)(=O)NC(=O)c1cc2c(F)cc(N3CC(F)C3)cc2o1. The van der Waals surface area contributed by atoms with Crippen LogP contribution in [0.4, 0.5) is 14.5 Å². The first-order valence-corrected chi connectivity index (χ1v) is 11.1. The number of carbonyl (C=O) groups excluding carboxylic acids is 1. The van der Waals surface area contributed by atoms with Crippen LogP contribution in [-0.4, -0.2) is 39.7 Å². The Morgan fingerprint density at radius 1 is 1.23 bits per heavy atom. The summed E-state index contributed by atoms with van der Waals surface area (Å²) in [5.74, 6) is -1.98. The summed E-state index contributed by atoms with van der Waals surface area (Å²) in [6.07, 6.45) is -1.25. The van der Waals surface area contributed by atoms with Gasteiger partial charge < -0.3 is 14.1 Å². The Morgan fingerprint density at radius 2 is 1.94 bits per heavy atom. The smallest absolute Gasteiger partial charge is 0.300 e. The number of anilines is 1. The van der Waals surface area contributed by atoms with Gasteiger partial charge in [-0.1, -0.05) is 12.1 Å². The van der Waals surface area contributed by atoms with Gasteiger partial charge in [-0.15, -0.1) is 0 Å². The average molecular weight is 450 g/mol. The molecule has 0 bridgehead atoms. The normalized spacial score (nSPS) is 14.7. The topological polar surface area (TPSA) is 88.8 Å². The van der Waals surface area contributed by atoms with E-state index >= 15 is 0 Å². The molecule has 1 fully saturated rings. The molecule has 1 amide bonds. The monoisotopic (exact) mass is 450 g/mol. The predicted octanol–water partition coefficient (Wildman–Crippen LogP) is 3.64. The van der Waals surface area contributed by atoms with Crippen molar-refractivity contribution < 1.29 is 31.1 Å². The second kappa shape index (κ2) is 7.84. The maximum absolute atomic E-state index is 14.5. The third-order valence-corrected chi connectivity index (χ3v) is 6.10. The zero-order valence-corrected chi connectivity index (χ0v) is 17.6. The molecule has 2 heterocycles. The van der Waals surface area contributed by atoms with Crippen molar-refractivity contribution in [2.45, 2.75) is 31.0 Å². The maximum Gasteiger partial charge on any atom is 0.300 e. The van der Waals surface area contributed by atoms with Crippen molar-refractivity contribution in [1.29, 1.82) is 0 Å². The van der Waals surface area contributed by atoms with Crippen LogP contribution in [0.3, 0.4) is 0 Å². The summed E-state index contributed by atoms with van der Waals surface area (Å²) in [4.78, 5) is 14.0. The molecular formula is C21H20F2N2O5S. The van der Waals surface area contributed by atoms with Gasteiger partial charge in [0.2, 0.25) is 0 Å². The molecule has 0 radical (unpaired) electrons. The molecule has 4 rings (SSSR count). The van der Waals surface area contributed by atoms with E-state index in [0.717, 1.165) is 6.07 Å². The van der Waals surface area contributed by atoms with Crippen molar-refractivity contribution in [3.8, 4) is 5.75 Å². The molecule has 0 atom stereocenters. The van der Waals surface area contributed by atoms with Gasteiger partial charge in [-0.25, -0.2) is 21.9 Å². The summed E-state index contributed by atoms with van der Waals surface area (Å²) >= 11 is 0. The number of nitrogens with one attached hydrogen (secondary N) is 1. The fraction of sp³-hybridized carbons (Fsp3) is 0.286. The Bertz CT molecular complexity index is 1250. The standard InChI is InChI=1S/C21H20F2N2O5S/c1-12(2)29-17-5-3-4-6-20(17)31(27,28)24-21(26)19-9-15-16(23)7-14(8-18(15)30-19)25-10-13(22)11-25/h3-9,12-13H,10-11H2,1-2H3,(H,24,26). The molecule has 0 spiro atoms. The number of hydrogen-bond donors (Lipinski definition) is 1. The number of hydrogen-bond acceptors (Lipinski definition) is 6. The quantitative estimate of drug-likeness (QED) is 0.617. The van der Waals surface area contributed by atoms with Crippen LogP contribution in [0.25, 0.3) is 11.0 Å². The third-order valence-electron chi connectivity index (χ3n) is 4.73. The van der Waals surface area contributed by atoms with Crippen molar-refractivity contribution in [3.63, 3.8) is 0 Å². The maximum atomic E-state index is 14.5.